The highest BCUT2D eigenvalue weighted by molar-refractivity contribution is 5.74. The predicted molar refractivity (Wildman–Crippen MR) is 57.0 cm³/mol. The van der Waals surface area contributed by atoms with Crippen molar-refractivity contribution in [1.29, 1.82) is 0 Å². The number of nitrogens with one attached hydrogen (secondary N) is 1. The molecule has 0 saturated heterocycles. The summed E-state index contributed by atoms with van der Waals surface area (Å²) in [6.07, 6.45) is 2.67. The highest BCUT2D eigenvalue weighted by atomic mass is 16.2. The number of aromatic nitrogens is 1. The van der Waals surface area contributed by atoms with Gasteiger partial charge in [-0.2, -0.15) is 0 Å². The first-order valence-electron chi connectivity index (χ1n) is 4.80. The standard InChI is InChI=1S/C10H15N3O2/c1-8-4-6-13(10(15)7-8)5-2-3-9(14)12-11/h4,6-7H,2-3,5,11H2,1H3,(H,12,14). The van der Waals surface area contributed by atoms with Gasteiger partial charge in [0.2, 0.25) is 5.91 Å². The number of rotatable bonds is 4. The quantitative estimate of drug-likeness (QED) is 0.414. The third kappa shape index (κ3) is 3.55. The summed E-state index contributed by atoms with van der Waals surface area (Å²) < 4.78 is 1.58. The first kappa shape index (κ1) is 11.5. The molecule has 1 aromatic rings. The first-order valence-corrected chi connectivity index (χ1v) is 4.80. The average molecular weight is 209 g/mol. The van der Waals surface area contributed by atoms with Crippen LogP contribution in [0.1, 0.15) is 18.4 Å². The van der Waals surface area contributed by atoms with Crippen LogP contribution in [0, 0.1) is 6.92 Å². The molecule has 0 atom stereocenters. The van der Waals surface area contributed by atoms with Crippen LogP contribution >= 0.6 is 0 Å². The van der Waals surface area contributed by atoms with Gasteiger partial charge in [-0.1, -0.05) is 0 Å². The molecule has 0 fully saturated rings. The number of amides is 1. The zero-order chi connectivity index (χ0) is 11.3. The SMILES string of the molecule is Cc1ccn(CCCC(=O)NN)c(=O)c1. The van der Waals surface area contributed by atoms with E-state index in [9.17, 15) is 9.59 Å². The van der Waals surface area contributed by atoms with Gasteiger partial charge in [-0.05, 0) is 25.0 Å². The summed E-state index contributed by atoms with van der Waals surface area (Å²) >= 11 is 0. The lowest BCUT2D eigenvalue weighted by atomic mass is 10.2. The van der Waals surface area contributed by atoms with E-state index in [0.717, 1.165) is 5.56 Å². The summed E-state index contributed by atoms with van der Waals surface area (Å²) in [6, 6.07) is 3.44. The zero-order valence-electron chi connectivity index (χ0n) is 8.69. The molecule has 1 aromatic heterocycles. The molecule has 1 amide bonds. The Bertz CT molecular complexity index is 398. The Morgan fingerprint density at radius 3 is 2.93 bits per heavy atom. The summed E-state index contributed by atoms with van der Waals surface area (Å²) in [5.41, 5.74) is 2.95. The smallest absolute Gasteiger partial charge is 0.250 e. The van der Waals surface area contributed by atoms with Crippen LogP contribution < -0.4 is 16.8 Å². The largest absolute Gasteiger partial charge is 0.316 e. The van der Waals surface area contributed by atoms with Crippen molar-refractivity contribution in [2.45, 2.75) is 26.3 Å². The van der Waals surface area contributed by atoms with Crippen molar-refractivity contribution in [3.63, 3.8) is 0 Å². The molecule has 5 nitrogen and oxygen atoms in total. The molecule has 0 aliphatic carbocycles. The van der Waals surface area contributed by atoms with Crippen molar-refractivity contribution in [3.05, 3.63) is 34.2 Å². The molecule has 1 rings (SSSR count). The maximum absolute atomic E-state index is 11.4. The molecule has 3 N–H and O–H groups in total. The molecule has 15 heavy (non-hydrogen) atoms. The molecule has 0 spiro atoms. The molecular formula is C10H15N3O2. The van der Waals surface area contributed by atoms with Crippen LogP contribution in [0.3, 0.4) is 0 Å². The van der Waals surface area contributed by atoms with E-state index in [1.54, 1.807) is 16.8 Å². The third-order valence-electron chi connectivity index (χ3n) is 2.12. The molecule has 0 aromatic carbocycles. The second kappa shape index (κ2) is 5.31. The summed E-state index contributed by atoms with van der Waals surface area (Å²) in [4.78, 5) is 22.2. The first-order chi connectivity index (χ1) is 7.13. The maximum Gasteiger partial charge on any atom is 0.250 e. The number of hydrogen-bond donors (Lipinski definition) is 2. The molecule has 0 radical (unpaired) electrons. The summed E-state index contributed by atoms with van der Waals surface area (Å²) in [6.45, 7) is 2.40. The summed E-state index contributed by atoms with van der Waals surface area (Å²) in [5.74, 6) is 4.72. The van der Waals surface area contributed by atoms with Gasteiger partial charge in [0.1, 0.15) is 0 Å². The highest BCUT2D eigenvalue weighted by Gasteiger charge is 1.99. The van der Waals surface area contributed by atoms with Gasteiger partial charge in [0.15, 0.2) is 0 Å². The predicted octanol–water partition coefficient (Wildman–Crippen LogP) is -0.0732. The van der Waals surface area contributed by atoms with Crippen LogP contribution in [-0.4, -0.2) is 10.5 Å². The number of pyridine rings is 1. The van der Waals surface area contributed by atoms with Gasteiger partial charge in [-0.25, -0.2) is 5.84 Å². The molecule has 82 valence electrons. The molecule has 0 saturated carbocycles. The van der Waals surface area contributed by atoms with Crippen LogP contribution in [0.5, 0.6) is 0 Å². The van der Waals surface area contributed by atoms with Crippen LogP contribution in [-0.2, 0) is 11.3 Å². The van der Waals surface area contributed by atoms with Gasteiger partial charge in [0.25, 0.3) is 5.56 Å². The lowest BCUT2D eigenvalue weighted by Crippen LogP contribution is -2.30. The molecule has 0 aliphatic rings. The number of carbonyl (C=O) groups excluding carboxylic acids is 1. The fourth-order valence-corrected chi connectivity index (χ4v) is 1.27. The van der Waals surface area contributed by atoms with E-state index in [4.69, 9.17) is 5.84 Å². The second-order valence-corrected chi connectivity index (χ2v) is 3.41. The Morgan fingerprint density at radius 1 is 1.60 bits per heavy atom. The number of hydrogen-bond acceptors (Lipinski definition) is 3. The maximum atomic E-state index is 11.4. The minimum atomic E-state index is -0.213. The van der Waals surface area contributed by atoms with Gasteiger partial charge in [0, 0.05) is 25.2 Å². The van der Waals surface area contributed by atoms with Crippen LogP contribution in [0.4, 0.5) is 0 Å². The van der Waals surface area contributed by atoms with Crippen LogP contribution in [0.2, 0.25) is 0 Å². The minimum absolute atomic E-state index is 0.0387. The molecule has 0 unspecified atom stereocenters. The van der Waals surface area contributed by atoms with Crippen LogP contribution in [0.15, 0.2) is 23.1 Å². The Balaban J connectivity index is 2.51. The van der Waals surface area contributed by atoms with Crippen molar-refractivity contribution in [2.75, 3.05) is 0 Å². The van der Waals surface area contributed by atoms with Gasteiger partial charge in [-0.3, -0.25) is 15.0 Å². The van der Waals surface area contributed by atoms with E-state index in [0.29, 0.717) is 19.4 Å². The van der Waals surface area contributed by atoms with E-state index in [-0.39, 0.29) is 11.5 Å². The Labute approximate surface area is 87.9 Å². The van der Waals surface area contributed by atoms with E-state index >= 15 is 0 Å². The Morgan fingerprint density at radius 2 is 2.33 bits per heavy atom. The van der Waals surface area contributed by atoms with Gasteiger partial charge in [-0.15, -0.1) is 0 Å². The van der Waals surface area contributed by atoms with Gasteiger partial charge >= 0.3 is 0 Å². The molecule has 1 heterocycles. The molecule has 0 aliphatic heterocycles. The summed E-state index contributed by atoms with van der Waals surface area (Å²) in [5, 5.41) is 0. The fourth-order valence-electron chi connectivity index (χ4n) is 1.27. The minimum Gasteiger partial charge on any atom is -0.316 e. The number of carbonyl (C=O) groups is 1. The van der Waals surface area contributed by atoms with Crippen molar-refractivity contribution < 1.29 is 4.79 Å². The lowest BCUT2D eigenvalue weighted by molar-refractivity contribution is -0.121. The normalized spacial score (nSPS) is 10.0. The van der Waals surface area contributed by atoms with Crippen molar-refractivity contribution >= 4 is 5.91 Å². The topological polar surface area (TPSA) is 77.1 Å². The Hall–Kier alpha value is -1.62. The van der Waals surface area contributed by atoms with Gasteiger partial charge in [0.05, 0.1) is 0 Å². The van der Waals surface area contributed by atoms with Crippen LogP contribution in [0.25, 0.3) is 0 Å². The highest BCUT2D eigenvalue weighted by Crippen LogP contribution is 1.95. The Kier molecular flexibility index (Phi) is 4.05. The second-order valence-electron chi connectivity index (χ2n) is 3.41. The van der Waals surface area contributed by atoms with E-state index in [1.165, 1.54) is 0 Å². The molecule has 0 bridgehead atoms. The number of nitrogens with zero attached hydrogens (tertiary/aromatic N) is 1. The molecule has 5 heteroatoms. The van der Waals surface area contributed by atoms with Crippen molar-refractivity contribution in [3.8, 4) is 0 Å². The number of nitrogens with two attached hydrogens (primary N) is 1. The summed E-state index contributed by atoms with van der Waals surface area (Å²) in [7, 11) is 0. The number of hydrazine groups is 1. The van der Waals surface area contributed by atoms with Crippen molar-refractivity contribution in [1.82, 2.24) is 9.99 Å². The van der Waals surface area contributed by atoms with Gasteiger partial charge < -0.3 is 4.57 Å². The third-order valence-corrected chi connectivity index (χ3v) is 2.12. The molecular weight excluding hydrogens is 194 g/mol. The van der Waals surface area contributed by atoms with Crippen molar-refractivity contribution in [2.24, 2.45) is 5.84 Å². The zero-order valence-corrected chi connectivity index (χ0v) is 8.69. The average Bonchev–Trinajstić information content (AvgIpc) is 2.21. The fraction of sp³-hybridized carbons (Fsp3) is 0.400. The van der Waals surface area contributed by atoms with E-state index < -0.39 is 0 Å². The lowest BCUT2D eigenvalue weighted by Gasteiger charge is -2.04. The van der Waals surface area contributed by atoms with E-state index in [1.807, 2.05) is 18.4 Å². The van der Waals surface area contributed by atoms with E-state index in [2.05, 4.69) is 0 Å². The number of aryl methyl sites for hydroxylation is 2. The monoisotopic (exact) mass is 209 g/mol.